The van der Waals surface area contributed by atoms with Crippen molar-refractivity contribution in [2.45, 2.75) is 30.2 Å². The van der Waals surface area contributed by atoms with Crippen molar-refractivity contribution in [3.8, 4) is 0 Å². The van der Waals surface area contributed by atoms with Crippen LogP contribution in [-0.2, 0) is 0 Å². The van der Waals surface area contributed by atoms with Gasteiger partial charge in [0.15, 0.2) is 0 Å². The fraction of sp³-hybridized carbons (Fsp3) is 0.533. The minimum atomic E-state index is -0.458. The summed E-state index contributed by atoms with van der Waals surface area (Å²) in [6.45, 7) is 3.61. The molecule has 2 aliphatic heterocycles. The summed E-state index contributed by atoms with van der Waals surface area (Å²) in [6, 6.07) is 4.85. The molecule has 2 saturated heterocycles. The molecule has 108 valence electrons. The van der Waals surface area contributed by atoms with E-state index in [0.29, 0.717) is 17.5 Å². The molecule has 0 N–H and O–H groups in total. The number of hydrogen-bond acceptors (Lipinski definition) is 3. The Kier molecular flexibility index (Phi) is 3.98. The second-order valence-electron chi connectivity index (χ2n) is 5.60. The van der Waals surface area contributed by atoms with Crippen molar-refractivity contribution in [1.29, 1.82) is 0 Å². The van der Waals surface area contributed by atoms with Crippen LogP contribution >= 0.6 is 12.6 Å². The molecule has 0 saturated carbocycles. The van der Waals surface area contributed by atoms with Crippen molar-refractivity contribution in [2.24, 2.45) is 0 Å². The Morgan fingerprint density at radius 3 is 2.90 bits per heavy atom. The van der Waals surface area contributed by atoms with Crippen LogP contribution in [0, 0.1) is 5.82 Å². The van der Waals surface area contributed by atoms with Gasteiger partial charge < -0.3 is 4.90 Å². The standard InChI is InChI=1S/C15H19FN2OS/c16-14-5-4-12(20)9-13(14)15(19)18-8-2-7-17-6-1-3-11(17)10-18/h4-5,9,11,20H,1-3,6-8,10H2. The molecule has 5 heteroatoms. The van der Waals surface area contributed by atoms with Crippen LogP contribution in [-0.4, -0.2) is 47.9 Å². The number of carbonyl (C=O) groups is 1. The summed E-state index contributed by atoms with van der Waals surface area (Å²) in [5.41, 5.74) is 0.143. The molecule has 1 unspecified atom stereocenters. The topological polar surface area (TPSA) is 23.6 Å². The predicted octanol–water partition coefficient (Wildman–Crippen LogP) is 2.42. The number of amides is 1. The van der Waals surface area contributed by atoms with Crippen LogP contribution in [0.15, 0.2) is 23.1 Å². The van der Waals surface area contributed by atoms with E-state index in [2.05, 4.69) is 17.5 Å². The van der Waals surface area contributed by atoms with Crippen molar-refractivity contribution < 1.29 is 9.18 Å². The Balaban J connectivity index is 1.80. The average Bonchev–Trinajstić information content (AvgIpc) is 2.78. The van der Waals surface area contributed by atoms with Gasteiger partial charge in [0.05, 0.1) is 5.56 Å². The van der Waals surface area contributed by atoms with Crippen LogP contribution in [0.2, 0.25) is 0 Å². The van der Waals surface area contributed by atoms with Gasteiger partial charge >= 0.3 is 0 Å². The number of benzene rings is 1. The van der Waals surface area contributed by atoms with Crippen molar-refractivity contribution in [3.05, 3.63) is 29.6 Å². The second-order valence-corrected chi connectivity index (χ2v) is 6.12. The zero-order valence-electron chi connectivity index (χ0n) is 11.4. The van der Waals surface area contributed by atoms with Gasteiger partial charge in [0.2, 0.25) is 0 Å². The fourth-order valence-corrected chi connectivity index (χ4v) is 3.44. The first-order chi connectivity index (χ1) is 9.65. The highest BCUT2D eigenvalue weighted by molar-refractivity contribution is 7.80. The summed E-state index contributed by atoms with van der Waals surface area (Å²) < 4.78 is 13.9. The number of thiol groups is 1. The number of fused-ring (bicyclic) bond motifs is 1. The van der Waals surface area contributed by atoms with Crippen LogP contribution in [0.5, 0.6) is 0 Å². The van der Waals surface area contributed by atoms with E-state index >= 15 is 0 Å². The third kappa shape index (κ3) is 2.69. The molecule has 1 aromatic rings. The molecular formula is C15H19FN2OS. The molecule has 0 aliphatic carbocycles. The second kappa shape index (κ2) is 5.74. The molecule has 1 amide bonds. The van der Waals surface area contributed by atoms with Gasteiger partial charge in [0.1, 0.15) is 5.82 Å². The van der Waals surface area contributed by atoms with Crippen LogP contribution in [0.4, 0.5) is 4.39 Å². The van der Waals surface area contributed by atoms with Crippen LogP contribution in [0.1, 0.15) is 29.6 Å². The molecule has 0 aromatic heterocycles. The van der Waals surface area contributed by atoms with Gasteiger partial charge in [0, 0.05) is 30.6 Å². The average molecular weight is 294 g/mol. The molecule has 1 atom stereocenters. The summed E-state index contributed by atoms with van der Waals surface area (Å²) in [7, 11) is 0. The van der Waals surface area contributed by atoms with Crippen molar-refractivity contribution in [3.63, 3.8) is 0 Å². The summed E-state index contributed by atoms with van der Waals surface area (Å²) in [5.74, 6) is -0.660. The van der Waals surface area contributed by atoms with E-state index in [1.807, 2.05) is 4.90 Å². The Labute approximate surface area is 124 Å². The number of halogens is 1. The molecule has 3 nitrogen and oxygen atoms in total. The maximum absolute atomic E-state index is 13.9. The molecule has 20 heavy (non-hydrogen) atoms. The highest BCUT2D eigenvalue weighted by Crippen LogP contribution is 2.23. The van der Waals surface area contributed by atoms with Gasteiger partial charge in [-0.3, -0.25) is 9.69 Å². The molecule has 0 bridgehead atoms. The van der Waals surface area contributed by atoms with Crippen molar-refractivity contribution >= 4 is 18.5 Å². The van der Waals surface area contributed by atoms with Gasteiger partial charge in [-0.2, -0.15) is 0 Å². The summed E-state index contributed by atoms with van der Waals surface area (Å²) in [5, 5.41) is 0. The lowest BCUT2D eigenvalue weighted by molar-refractivity contribution is 0.0738. The number of rotatable bonds is 1. The predicted molar refractivity (Wildman–Crippen MR) is 78.8 cm³/mol. The maximum atomic E-state index is 13.9. The highest BCUT2D eigenvalue weighted by Gasteiger charge is 2.31. The number of hydrogen-bond donors (Lipinski definition) is 1. The summed E-state index contributed by atoms with van der Waals surface area (Å²) in [4.78, 5) is 17.4. The van der Waals surface area contributed by atoms with E-state index in [1.54, 1.807) is 6.07 Å². The van der Waals surface area contributed by atoms with Gasteiger partial charge in [-0.25, -0.2) is 4.39 Å². The molecule has 1 aromatic carbocycles. The first-order valence-corrected chi connectivity index (χ1v) is 7.62. The molecule has 0 spiro atoms. The minimum Gasteiger partial charge on any atom is -0.337 e. The van der Waals surface area contributed by atoms with E-state index in [9.17, 15) is 9.18 Å². The Morgan fingerprint density at radius 2 is 2.05 bits per heavy atom. The van der Waals surface area contributed by atoms with Gasteiger partial charge in [-0.15, -0.1) is 12.6 Å². The Hall–Kier alpha value is -1.07. The van der Waals surface area contributed by atoms with Crippen LogP contribution < -0.4 is 0 Å². The lowest BCUT2D eigenvalue weighted by atomic mass is 10.1. The number of nitrogens with zero attached hydrogens (tertiary/aromatic N) is 2. The zero-order chi connectivity index (χ0) is 14.1. The smallest absolute Gasteiger partial charge is 0.256 e. The molecule has 0 radical (unpaired) electrons. The summed E-state index contributed by atoms with van der Waals surface area (Å²) >= 11 is 4.20. The SMILES string of the molecule is O=C(c1cc(S)ccc1F)N1CCCN2CCCC2C1. The Bertz CT molecular complexity index is 523. The van der Waals surface area contributed by atoms with Crippen molar-refractivity contribution in [2.75, 3.05) is 26.2 Å². The van der Waals surface area contributed by atoms with Crippen molar-refractivity contribution in [1.82, 2.24) is 9.80 Å². The van der Waals surface area contributed by atoms with E-state index in [-0.39, 0.29) is 11.5 Å². The van der Waals surface area contributed by atoms with E-state index < -0.39 is 5.82 Å². The molecule has 2 fully saturated rings. The lowest BCUT2D eigenvalue weighted by Gasteiger charge is -2.26. The van der Waals surface area contributed by atoms with Gasteiger partial charge in [-0.05, 0) is 44.0 Å². The zero-order valence-corrected chi connectivity index (χ0v) is 12.3. The van der Waals surface area contributed by atoms with Crippen LogP contribution in [0.25, 0.3) is 0 Å². The van der Waals surface area contributed by atoms with Crippen LogP contribution in [0.3, 0.4) is 0 Å². The van der Waals surface area contributed by atoms with E-state index in [1.165, 1.54) is 18.6 Å². The van der Waals surface area contributed by atoms with E-state index in [4.69, 9.17) is 0 Å². The fourth-order valence-electron chi connectivity index (χ4n) is 3.24. The first-order valence-electron chi connectivity index (χ1n) is 7.17. The summed E-state index contributed by atoms with van der Waals surface area (Å²) in [6.07, 6.45) is 3.30. The lowest BCUT2D eigenvalue weighted by Crippen LogP contribution is -2.39. The quantitative estimate of drug-likeness (QED) is 0.804. The third-order valence-electron chi connectivity index (χ3n) is 4.27. The van der Waals surface area contributed by atoms with Gasteiger partial charge in [0.25, 0.3) is 5.91 Å². The minimum absolute atomic E-state index is 0.143. The molecule has 2 aliphatic rings. The Morgan fingerprint density at radius 1 is 1.25 bits per heavy atom. The largest absolute Gasteiger partial charge is 0.337 e. The molecule has 3 rings (SSSR count). The third-order valence-corrected chi connectivity index (χ3v) is 4.55. The molecular weight excluding hydrogens is 275 g/mol. The normalized spacial score (nSPS) is 23.5. The first kappa shape index (κ1) is 13.9. The van der Waals surface area contributed by atoms with E-state index in [0.717, 1.165) is 32.5 Å². The van der Waals surface area contributed by atoms with Gasteiger partial charge in [-0.1, -0.05) is 0 Å². The molecule has 2 heterocycles. The maximum Gasteiger partial charge on any atom is 0.256 e. The number of carbonyl (C=O) groups excluding carboxylic acids is 1. The monoisotopic (exact) mass is 294 g/mol. The highest BCUT2D eigenvalue weighted by atomic mass is 32.1.